The van der Waals surface area contributed by atoms with Crippen LogP contribution in [0.1, 0.15) is 9.75 Å². The van der Waals surface area contributed by atoms with Crippen molar-refractivity contribution in [2.24, 2.45) is 0 Å². The lowest BCUT2D eigenvalue weighted by atomic mass is 10.3. The Morgan fingerprint density at radius 2 is 1.88 bits per heavy atom. The van der Waals surface area contributed by atoms with Crippen LogP contribution in [0, 0.1) is 6.92 Å². The first-order chi connectivity index (χ1) is 7.64. The summed E-state index contributed by atoms with van der Waals surface area (Å²) < 4.78 is 60.4. The molecule has 1 aromatic heterocycles. The number of nitrogens with one attached hydrogen (secondary N) is 1. The maximum absolute atomic E-state index is 12.5. The van der Waals surface area contributed by atoms with Gasteiger partial charge in [0.25, 0.3) is 0 Å². The first-order valence-corrected chi connectivity index (χ1v) is 5.24. The second-order valence-corrected chi connectivity index (χ2v) is 4.64. The third kappa shape index (κ3) is 3.15. The third-order valence-corrected chi connectivity index (χ3v) is 2.86. The van der Waals surface area contributed by atoms with Crippen molar-refractivity contribution in [2.45, 2.75) is 25.6 Å². The van der Waals surface area contributed by atoms with Gasteiger partial charge in [-0.2, -0.15) is 22.0 Å². The lowest BCUT2D eigenvalue weighted by Crippen LogP contribution is -2.50. The number of rotatable bonds is 3. The normalized spacial score (nSPS) is 12.6. The largest absolute Gasteiger partial charge is 0.463 e. The minimum Gasteiger partial charge on any atom is -0.346 e. The number of carbonyl (C=O) groups excluding carboxylic acids is 1. The Bertz CT molecular complexity index is 412. The van der Waals surface area contributed by atoms with Crippen LogP contribution in [0.4, 0.5) is 22.0 Å². The molecule has 0 unspecified atom stereocenters. The van der Waals surface area contributed by atoms with Gasteiger partial charge in [-0.25, -0.2) is 0 Å². The van der Waals surface area contributed by atoms with Crippen LogP contribution >= 0.6 is 11.3 Å². The quantitative estimate of drug-likeness (QED) is 0.843. The summed E-state index contributed by atoms with van der Waals surface area (Å²) in [6.45, 7) is 1.41. The Morgan fingerprint density at radius 3 is 2.29 bits per heavy atom. The summed E-state index contributed by atoms with van der Waals surface area (Å²) in [6.07, 6.45) is -5.87. The number of alkyl halides is 5. The van der Waals surface area contributed by atoms with E-state index in [0.29, 0.717) is 4.88 Å². The number of aryl methyl sites for hydroxylation is 1. The molecule has 0 spiro atoms. The van der Waals surface area contributed by atoms with Gasteiger partial charge in [0.05, 0.1) is 6.54 Å². The molecule has 0 aliphatic carbocycles. The highest BCUT2D eigenvalue weighted by atomic mass is 32.1. The number of carbonyl (C=O) groups is 1. The van der Waals surface area contributed by atoms with Gasteiger partial charge in [0.1, 0.15) is 0 Å². The number of thiophene rings is 1. The fraction of sp³-hybridized carbons (Fsp3) is 0.444. The van der Waals surface area contributed by atoms with Crippen LogP contribution in [0.25, 0.3) is 0 Å². The molecule has 8 heteroatoms. The Hall–Kier alpha value is -1.18. The second-order valence-electron chi connectivity index (χ2n) is 3.27. The van der Waals surface area contributed by atoms with Crippen molar-refractivity contribution in [3.8, 4) is 0 Å². The molecule has 17 heavy (non-hydrogen) atoms. The first-order valence-electron chi connectivity index (χ1n) is 4.43. The van der Waals surface area contributed by atoms with Gasteiger partial charge >= 0.3 is 18.0 Å². The predicted molar refractivity (Wildman–Crippen MR) is 51.9 cm³/mol. The van der Waals surface area contributed by atoms with E-state index in [9.17, 15) is 26.7 Å². The highest BCUT2D eigenvalue weighted by Crippen LogP contribution is 2.35. The van der Waals surface area contributed by atoms with Crippen LogP contribution in [0.15, 0.2) is 12.1 Å². The summed E-state index contributed by atoms with van der Waals surface area (Å²) in [5.74, 6) is -7.70. The molecule has 96 valence electrons. The Balaban J connectivity index is 2.61. The monoisotopic (exact) mass is 273 g/mol. The molecular weight excluding hydrogens is 265 g/mol. The molecule has 0 aromatic carbocycles. The van der Waals surface area contributed by atoms with Crippen molar-refractivity contribution in [2.75, 3.05) is 0 Å². The molecule has 0 aliphatic rings. The zero-order valence-electron chi connectivity index (χ0n) is 8.57. The highest BCUT2D eigenvalue weighted by molar-refractivity contribution is 7.11. The molecule has 0 atom stereocenters. The SMILES string of the molecule is Cc1ccc(CNC(=O)C(F)(F)C(F)(F)F)s1. The third-order valence-electron chi connectivity index (χ3n) is 1.86. The predicted octanol–water partition coefficient (Wildman–Crippen LogP) is 2.87. The summed E-state index contributed by atoms with van der Waals surface area (Å²) in [5, 5.41) is 1.56. The van der Waals surface area contributed by atoms with Crippen LogP contribution in [-0.4, -0.2) is 18.0 Å². The molecule has 0 radical (unpaired) electrons. The van der Waals surface area contributed by atoms with Gasteiger partial charge < -0.3 is 5.32 Å². The Morgan fingerprint density at radius 1 is 1.29 bits per heavy atom. The Kier molecular flexibility index (Phi) is 3.75. The molecule has 0 bridgehead atoms. The van der Waals surface area contributed by atoms with Gasteiger partial charge in [-0.05, 0) is 19.1 Å². The van der Waals surface area contributed by atoms with Crippen molar-refractivity contribution in [3.05, 3.63) is 21.9 Å². The van der Waals surface area contributed by atoms with Crippen molar-refractivity contribution in [3.63, 3.8) is 0 Å². The highest BCUT2D eigenvalue weighted by Gasteiger charge is 2.63. The zero-order valence-corrected chi connectivity index (χ0v) is 9.38. The summed E-state index contributed by atoms with van der Waals surface area (Å²) >= 11 is 1.21. The number of halogens is 5. The molecule has 1 rings (SSSR count). The van der Waals surface area contributed by atoms with Crippen LogP contribution < -0.4 is 5.32 Å². The van der Waals surface area contributed by atoms with Gasteiger partial charge in [0, 0.05) is 9.75 Å². The van der Waals surface area contributed by atoms with E-state index in [1.165, 1.54) is 11.3 Å². The minimum atomic E-state index is -5.87. The molecule has 1 aromatic rings. The maximum Gasteiger partial charge on any atom is 0.463 e. The van der Waals surface area contributed by atoms with Crippen LogP contribution in [0.5, 0.6) is 0 Å². The lowest BCUT2D eigenvalue weighted by molar-refractivity contribution is -0.269. The average molecular weight is 273 g/mol. The molecule has 1 amide bonds. The van der Waals surface area contributed by atoms with Gasteiger partial charge in [-0.15, -0.1) is 11.3 Å². The molecule has 0 saturated heterocycles. The molecular formula is C9H8F5NOS. The van der Waals surface area contributed by atoms with Gasteiger partial charge in [0.15, 0.2) is 0 Å². The molecule has 1 heterocycles. The second kappa shape index (κ2) is 4.59. The molecule has 2 nitrogen and oxygen atoms in total. The zero-order chi connectivity index (χ0) is 13.3. The number of hydrogen-bond donors (Lipinski definition) is 1. The van der Waals surface area contributed by atoms with E-state index < -0.39 is 18.0 Å². The maximum atomic E-state index is 12.5. The van der Waals surface area contributed by atoms with Crippen LogP contribution in [-0.2, 0) is 11.3 Å². The van der Waals surface area contributed by atoms with E-state index in [1.807, 2.05) is 0 Å². The van der Waals surface area contributed by atoms with Gasteiger partial charge in [0.2, 0.25) is 0 Å². The topological polar surface area (TPSA) is 29.1 Å². The van der Waals surface area contributed by atoms with E-state index in [1.54, 1.807) is 24.4 Å². The Labute approximate surface area is 97.4 Å². The summed E-state index contributed by atoms with van der Waals surface area (Å²) in [7, 11) is 0. The summed E-state index contributed by atoms with van der Waals surface area (Å²) in [4.78, 5) is 12.1. The van der Waals surface area contributed by atoms with Crippen LogP contribution in [0.2, 0.25) is 0 Å². The van der Waals surface area contributed by atoms with Crippen molar-refractivity contribution in [1.82, 2.24) is 5.32 Å². The molecule has 1 N–H and O–H groups in total. The van der Waals surface area contributed by atoms with Crippen molar-refractivity contribution in [1.29, 1.82) is 0 Å². The average Bonchev–Trinajstić information content (AvgIpc) is 2.58. The van der Waals surface area contributed by atoms with E-state index >= 15 is 0 Å². The first kappa shape index (κ1) is 13.9. The molecule has 0 fully saturated rings. The fourth-order valence-corrected chi connectivity index (χ4v) is 1.82. The summed E-state index contributed by atoms with van der Waals surface area (Å²) in [6, 6.07) is 3.22. The minimum absolute atomic E-state index is 0.344. The lowest BCUT2D eigenvalue weighted by Gasteiger charge is -2.18. The van der Waals surface area contributed by atoms with E-state index in [2.05, 4.69) is 0 Å². The van der Waals surface area contributed by atoms with Gasteiger partial charge in [-0.1, -0.05) is 0 Å². The number of hydrogen-bond acceptors (Lipinski definition) is 2. The van der Waals surface area contributed by atoms with Gasteiger partial charge in [-0.3, -0.25) is 4.79 Å². The van der Waals surface area contributed by atoms with E-state index in [4.69, 9.17) is 0 Å². The van der Waals surface area contributed by atoms with E-state index in [-0.39, 0.29) is 6.54 Å². The fourth-order valence-electron chi connectivity index (χ4n) is 0.987. The van der Waals surface area contributed by atoms with Crippen molar-refractivity contribution < 1.29 is 26.7 Å². The van der Waals surface area contributed by atoms with Crippen LogP contribution in [0.3, 0.4) is 0 Å². The smallest absolute Gasteiger partial charge is 0.346 e. The van der Waals surface area contributed by atoms with E-state index in [0.717, 1.165) is 4.88 Å². The molecule has 0 aliphatic heterocycles. The number of amides is 1. The standard InChI is InChI=1S/C9H8F5NOS/c1-5-2-3-6(17-5)4-15-7(16)8(10,11)9(12,13)14/h2-3H,4H2,1H3,(H,15,16). The molecule has 0 saturated carbocycles. The van der Waals surface area contributed by atoms with Crippen molar-refractivity contribution >= 4 is 17.2 Å². The summed E-state index contributed by atoms with van der Waals surface area (Å²) in [5.41, 5.74) is 0.